The molecule has 0 amide bonds. The van der Waals surface area contributed by atoms with Gasteiger partial charge in [-0.15, -0.1) is 0 Å². The second-order valence-electron chi connectivity index (χ2n) is 3.41. The van der Waals surface area contributed by atoms with Crippen molar-refractivity contribution in [1.82, 2.24) is 9.78 Å². The summed E-state index contributed by atoms with van der Waals surface area (Å²) in [6.45, 7) is 0.0696. The molecule has 1 aromatic heterocycles. The Morgan fingerprint density at radius 1 is 1.41 bits per heavy atom. The van der Waals surface area contributed by atoms with Crippen LogP contribution in [0, 0.1) is 0 Å². The highest BCUT2D eigenvalue weighted by molar-refractivity contribution is 9.10. The van der Waals surface area contributed by atoms with Crippen LogP contribution < -0.4 is 11.3 Å². The molecule has 2 rings (SSSR count). The van der Waals surface area contributed by atoms with E-state index in [9.17, 15) is 9.90 Å². The molecule has 0 aliphatic rings. The zero-order valence-electron chi connectivity index (χ0n) is 8.80. The summed E-state index contributed by atoms with van der Waals surface area (Å²) in [4.78, 5) is 11.7. The Morgan fingerprint density at radius 2 is 2.18 bits per heavy atom. The van der Waals surface area contributed by atoms with Crippen molar-refractivity contribution in [1.29, 1.82) is 0 Å². The summed E-state index contributed by atoms with van der Waals surface area (Å²) in [5.74, 6) is -0.177. The molecule has 0 saturated heterocycles. The summed E-state index contributed by atoms with van der Waals surface area (Å²) < 4.78 is 2.04. The van der Waals surface area contributed by atoms with Crippen molar-refractivity contribution in [2.24, 2.45) is 5.73 Å². The van der Waals surface area contributed by atoms with Gasteiger partial charge in [0.1, 0.15) is 11.4 Å². The van der Waals surface area contributed by atoms with Crippen LogP contribution in [-0.2, 0) is 6.54 Å². The van der Waals surface area contributed by atoms with Gasteiger partial charge < -0.3 is 10.8 Å². The zero-order valence-corrected chi connectivity index (χ0v) is 10.4. The monoisotopic (exact) mass is 295 g/mol. The molecule has 0 aliphatic carbocycles. The van der Waals surface area contributed by atoms with Gasteiger partial charge >= 0.3 is 0 Å². The number of benzene rings is 1. The molecule has 0 spiro atoms. The first kappa shape index (κ1) is 11.8. The number of aromatic hydroxyl groups is 1. The quantitative estimate of drug-likeness (QED) is 0.871. The van der Waals surface area contributed by atoms with E-state index in [2.05, 4.69) is 21.0 Å². The summed E-state index contributed by atoms with van der Waals surface area (Å²) >= 11 is 3.32. The Kier molecular flexibility index (Phi) is 3.26. The fourth-order valence-electron chi connectivity index (χ4n) is 1.42. The van der Waals surface area contributed by atoms with Crippen LogP contribution in [0.4, 0.5) is 0 Å². The Morgan fingerprint density at radius 3 is 2.82 bits per heavy atom. The number of hydrogen-bond acceptors (Lipinski definition) is 4. The van der Waals surface area contributed by atoms with Gasteiger partial charge in [-0.2, -0.15) is 9.78 Å². The molecule has 0 bridgehead atoms. The Balaban J connectivity index is 2.63. The molecular weight excluding hydrogens is 286 g/mol. The Labute approximate surface area is 106 Å². The van der Waals surface area contributed by atoms with Crippen molar-refractivity contribution in [2.45, 2.75) is 6.54 Å². The minimum atomic E-state index is -0.405. The van der Waals surface area contributed by atoms with Crippen LogP contribution in [0.5, 0.6) is 5.75 Å². The number of halogens is 1. The van der Waals surface area contributed by atoms with E-state index in [4.69, 9.17) is 5.73 Å². The number of nitrogens with two attached hydrogens (primary N) is 1. The van der Waals surface area contributed by atoms with Gasteiger partial charge in [-0.25, -0.2) is 0 Å². The highest BCUT2D eigenvalue weighted by atomic mass is 79.9. The first-order valence-electron chi connectivity index (χ1n) is 4.90. The molecule has 3 N–H and O–H groups in total. The molecule has 0 radical (unpaired) electrons. The highest BCUT2D eigenvalue weighted by Crippen LogP contribution is 2.15. The fraction of sp³-hybridized carbons (Fsp3) is 0.0909. The normalized spacial score (nSPS) is 10.5. The minimum absolute atomic E-state index is 0.0696. The van der Waals surface area contributed by atoms with Crippen molar-refractivity contribution in [3.63, 3.8) is 0 Å². The average molecular weight is 296 g/mol. The molecule has 17 heavy (non-hydrogen) atoms. The molecule has 2 aromatic rings. The molecule has 0 unspecified atom stereocenters. The van der Waals surface area contributed by atoms with E-state index in [1.807, 2.05) is 6.07 Å². The topological polar surface area (TPSA) is 81.1 Å². The molecule has 1 aromatic carbocycles. The van der Waals surface area contributed by atoms with Crippen LogP contribution in [0.3, 0.4) is 0 Å². The molecule has 0 atom stereocenters. The van der Waals surface area contributed by atoms with Crippen LogP contribution >= 0.6 is 15.9 Å². The SMILES string of the molecule is NCc1nn(-c2cccc(Br)c2)c(=O)cc1O. The molecule has 6 heteroatoms. The van der Waals surface area contributed by atoms with Gasteiger partial charge in [-0.05, 0) is 18.2 Å². The summed E-state index contributed by atoms with van der Waals surface area (Å²) in [7, 11) is 0. The number of nitrogens with zero attached hydrogens (tertiary/aromatic N) is 2. The first-order valence-corrected chi connectivity index (χ1v) is 5.69. The van der Waals surface area contributed by atoms with Gasteiger partial charge in [0.05, 0.1) is 5.69 Å². The van der Waals surface area contributed by atoms with E-state index in [0.29, 0.717) is 5.69 Å². The second-order valence-corrected chi connectivity index (χ2v) is 4.33. The molecule has 0 saturated carbocycles. The van der Waals surface area contributed by atoms with Crippen LogP contribution in [0.25, 0.3) is 5.69 Å². The van der Waals surface area contributed by atoms with E-state index in [1.165, 1.54) is 4.68 Å². The van der Waals surface area contributed by atoms with Crippen molar-refractivity contribution in [3.05, 3.63) is 50.9 Å². The summed E-state index contributed by atoms with van der Waals surface area (Å²) in [5, 5.41) is 13.5. The average Bonchev–Trinajstić information content (AvgIpc) is 2.29. The Hall–Kier alpha value is -1.66. The maximum absolute atomic E-state index is 11.7. The van der Waals surface area contributed by atoms with Crippen molar-refractivity contribution in [2.75, 3.05) is 0 Å². The van der Waals surface area contributed by atoms with Crippen LogP contribution in [0.15, 0.2) is 39.6 Å². The van der Waals surface area contributed by atoms with Crippen LogP contribution in [0.1, 0.15) is 5.69 Å². The summed E-state index contributed by atoms with van der Waals surface area (Å²) in [6.07, 6.45) is 0. The van der Waals surface area contributed by atoms with E-state index >= 15 is 0 Å². The lowest BCUT2D eigenvalue weighted by Crippen LogP contribution is -2.22. The predicted molar refractivity (Wildman–Crippen MR) is 67.1 cm³/mol. The second kappa shape index (κ2) is 4.68. The molecule has 1 heterocycles. The minimum Gasteiger partial charge on any atom is -0.506 e. The fourth-order valence-corrected chi connectivity index (χ4v) is 1.81. The van der Waals surface area contributed by atoms with E-state index < -0.39 is 5.56 Å². The summed E-state index contributed by atoms with van der Waals surface area (Å²) in [6, 6.07) is 8.25. The lowest BCUT2D eigenvalue weighted by atomic mass is 10.3. The largest absolute Gasteiger partial charge is 0.506 e. The van der Waals surface area contributed by atoms with Gasteiger partial charge in [0.15, 0.2) is 0 Å². The predicted octanol–water partition coefficient (Wildman–Crippen LogP) is 1.16. The van der Waals surface area contributed by atoms with Gasteiger partial charge in [0.2, 0.25) is 0 Å². The molecule has 88 valence electrons. The van der Waals surface area contributed by atoms with Crippen molar-refractivity contribution < 1.29 is 5.11 Å². The maximum Gasteiger partial charge on any atom is 0.275 e. The molecule has 0 fully saturated rings. The third-order valence-corrected chi connectivity index (χ3v) is 2.72. The Bertz CT molecular complexity index is 610. The van der Waals surface area contributed by atoms with Gasteiger partial charge in [-0.1, -0.05) is 22.0 Å². The maximum atomic E-state index is 11.7. The lowest BCUT2D eigenvalue weighted by molar-refractivity contribution is 0.457. The van der Waals surface area contributed by atoms with Gasteiger partial charge in [0.25, 0.3) is 5.56 Å². The van der Waals surface area contributed by atoms with Gasteiger partial charge in [-0.3, -0.25) is 4.79 Å². The zero-order chi connectivity index (χ0) is 12.4. The van der Waals surface area contributed by atoms with E-state index in [1.54, 1.807) is 18.2 Å². The van der Waals surface area contributed by atoms with Crippen molar-refractivity contribution >= 4 is 15.9 Å². The number of rotatable bonds is 2. The van der Waals surface area contributed by atoms with Gasteiger partial charge in [0, 0.05) is 17.1 Å². The first-order chi connectivity index (χ1) is 8.11. The molecule has 0 aliphatic heterocycles. The third kappa shape index (κ3) is 2.37. The third-order valence-electron chi connectivity index (χ3n) is 2.23. The van der Waals surface area contributed by atoms with Crippen LogP contribution in [-0.4, -0.2) is 14.9 Å². The smallest absolute Gasteiger partial charge is 0.275 e. The summed E-state index contributed by atoms with van der Waals surface area (Å²) in [5.41, 5.74) is 5.92. The number of aromatic nitrogens is 2. The van der Waals surface area contributed by atoms with E-state index in [0.717, 1.165) is 10.5 Å². The standard InChI is InChI=1S/C11H10BrN3O2/c12-7-2-1-3-8(4-7)15-11(17)5-10(16)9(6-13)14-15/h1-5,16H,6,13H2. The van der Waals surface area contributed by atoms with E-state index in [-0.39, 0.29) is 18.0 Å². The molecule has 5 nitrogen and oxygen atoms in total. The number of hydrogen-bond donors (Lipinski definition) is 2. The molecular formula is C11H10BrN3O2. The van der Waals surface area contributed by atoms with Crippen LogP contribution in [0.2, 0.25) is 0 Å². The lowest BCUT2D eigenvalue weighted by Gasteiger charge is -2.07. The van der Waals surface area contributed by atoms with Crippen molar-refractivity contribution in [3.8, 4) is 11.4 Å². The highest BCUT2D eigenvalue weighted by Gasteiger charge is 2.08.